The highest BCUT2D eigenvalue weighted by Crippen LogP contribution is 2.49. The maximum absolute atomic E-state index is 12.7. The Hall–Kier alpha value is -0.830. The van der Waals surface area contributed by atoms with E-state index in [0.717, 1.165) is 0 Å². The van der Waals surface area contributed by atoms with Crippen molar-refractivity contribution in [1.29, 1.82) is 0 Å². The van der Waals surface area contributed by atoms with Crippen molar-refractivity contribution in [1.82, 2.24) is 0 Å². The van der Waals surface area contributed by atoms with Crippen molar-refractivity contribution in [2.75, 3.05) is 11.4 Å². The Balaban J connectivity index is 2.39. The Morgan fingerprint density at radius 3 is 2.50 bits per heavy atom. The van der Waals surface area contributed by atoms with E-state index in [1.54, 1.807) is 65.1 Å². The van der Waals surface area contributed by atoms with Gasteiger partial charge in [-0.2, -0.15) is 0 Å². The SMILES string of the molecule is CN1c2ccc(Cl)cc2C(O)(c2ccccc2)C(I)S1(=O)=O. The van der Waals surface area contributed by atoms with E-state index in [4.69, 9.17) is 11.6 Å². The van der Waals surface area contributed by atoms with Crippen LogP contribution < -0.4 is 4.31 Å². The van der Waals surface area contributed by atoms with Gasteiger partial charge in [0.05, 0.1) is 5.69 Å². The monoisotopic (exact) mass is 449 g/mol. The lowest BCUT2D eigenvalue weighted by Crippen LogP contribution is -2.51. The molecule has 0 aromatic heterocycles. The molecule has 0 radical (unpaired) electrons. The van der Waals surface area contributed by atoms with Gasteiger partial charge in [0.1, 0.15) is 5.60 Å². The van der Waals surface area contributed by atoms with E-state index in [-0.39, 0.29) is 0 Å². The number of anilines is 1. The Kier molecular flexibility index (Phi) is 3.91. The number of aliphatic hydroxyl groups is 1. The smallest absolute Gasteiger partial charge is 0.250 e. The molecule has 7 heteroatoms. The molecular weight excluding hydrogens is 437 g/mol. The van der Waals surface area contributed by atoms with Crippen LogP contribution in [0.5, 0.6) is 0 Å². The Morgan fingerprint density at radius 2 is 1.86 bits per heavy atom. The average Bonchev–Trinajstić information content (AvgIpc) is 2.52. The minimum absolute atomic E-state index is 0.434. The summed E-state index contributed by atoms with van der Waals surface area (Å²) < 4.78 is 25.5. The van der Waals surface area contributed by atoms with Crippen molar-refractivity contribution in [2.45, 2.75) is 8.86 Å². The Morgan fingerprint density at radius 1 is 1.23 bits per heavy atom. The van der Waals surface area contributed by atoms with Gasteiger partial charge in [0.2, 0.25) is 0 Å². The molecule has 0 amide bonds. The van der Waals surface area contributed by atoms with E-state index in [1.165, 1.54) is 11.4 Å². The minimum Gasteiger partial charge on any atom is -0.378 e. The Bertz CT molecular complexity index is 828. The summed E-state index contributed by atoms with van der Waals surface area (Å²) in [6, 6.07) is 13.7. The molecule has 116 valence electrons. The number of hydrogen-bond donors (Lipinski definition) is 1. The lowest BCUT2D eigenvalue weighted by Gasteiger charge is -2.42. The number of benzene rings is 2. The molecule has 2 atom stereocenters. The van der Waals surface area contributed by atoms with Crippen LogP contribution in [0.4, 0.5) is 5.69 Å². The highest BCUT2D eigenvalue weighted by atomic mass is 127. The third-order valence-electron chi connectivity index (χ3n) is 3.89. The molecule has 0 spiro atoms. The van der Waals surface area contributed by atoms with Crippen molar-refractivity contribution in [3.05, 3.63) is 64.7 Å². The van der Waals surface area contributed by atoms with Crippen LogP contribution in [0.3, 0.4) is 0 Å². The molecule has 0 bridgehead atoms. The highest BCUT2D eigenvalue weighted by Gasteiger charge is 2.53. The fourth-order valence-electron chi connectivity index (χ4n) is 2.68. The third kappa shape index (κ3) is 2.16. The van der Waals surface area contributed by atoms with Gasteiger partial charge >= 0.3 is 0 Å². The topological polar surface area (TPSA) is 57.6 Å². The fraction of sp³-hybridized carbons (Fsp3) is 0.200. The fourth-order valence-corrected chi connectivity index (χ4v) is 5.98. The molecule has 1 aliphatic rings. The number of alkyl halides is 1. The molecule has 0 saturated heterocycles. The molecule has 22 heavy (non-hydrogen) atoms. The van der Waals surface area contributed by atoms with Crippen LogP contribution in [-0.4, -0.2) is 23.8 Å². The minimum atomic E-state index is -3.70. The largest absolute Gasteiger partial charge is 0.378 e. The zero-order chi connectivity index (χ0) is 16.1. The summed E-state index contributed by atoms with van der Waals surface area (Å²) in [5.74, 6) is 0. The molecule has 1 heterocycles. The van der Waals surface area contributed by atoms with Gasteiger partial charge in [-0.3, -0.25) is 4.31 Å². The van der Waals surface area contributed by atoms with E-state index in [1.807, 2.05) is 6.07 Å². The summed E-state index contributed by atoms with van der Waals surface area (Å²) in [7, 11) is -2.21. The van der Waals surface area contributed by atoms with Crippen LogP contribution in [0.15, 0.2) is 48.5 Å². The number of halogens is 2. The van der Waals surface area contributed by atoms with Crippen LogP contribution in [-0.2, 0) is 15.6 Å². The molecule has 0 fully saturated rings. The van der Waals surface area contributed by atoms with Crippen molar-refractivity contribution >= 4 is 49.9 Å². The second-order valence-corrected chi connectivity index (χ2v) is 9.70. The van der Waals surface area contributed by atoms with E-state index < -0.39 is 18.9 Å². The first kappa shape index (κ1) is 16.0. The molecule has 0 saturated carbocycles. The first-order valence-electron chi connectivity index (χ1n) is 6.49. The quantitative estimate of drug-likeness (QED) is 0.538. The standard InChI is InChI=1S/C15H13ClINO3S/c1-18-13-8-7-11(16)9-12(13)15(19,14(17)22(18,20)21)10-5-3-2-4-6-10/h2-9,14,19H,1H3. The second kappa shape index (κ2) is 5.36. The van der Waals surface area contributed by atoms with Crippen LogP contribution in [0.1, 0.15) is 11.1 Å². The first-order chi connectivity index (χ1) is 10.3. The zero-order valence-corrected chi connectivity index (χ0v) is 15.3. The summed E-state index contributed by atoms with van der Waals surface area (Å²) in [6.07, 6.45) is 0. The molecule has 2 aromatic carbocycles. The van der Waals surface area contributed by atoms with E-state index in [2.05, 4.69) is 0 Å². The number of sulfonamides is 1. The summed E-state index contributed by atoms with van der Waals surface area (Å²) >= 11 is 7.86. The lowest BCUT2D eigenvalue weighted by molar-refractivity contribution is 0.0995. The number of rotatable bonds is 1. The highest BCUT2D eigenvalue weighted by molar-refractivity contribution is 14.1. The lowest BCUT2D eigenvalue weighted by atomic mass is 9.86. The average molecular weight is 450 g/mol. The van der Waals surface area contributed by atoms with Gasteiger partial charge in [-0.05, 0) is 23.8 Å². The van der Waals surface area contributed by atoms with E-state index in [0.29, 0.717) is 21.8 Å². The van der Waals surface area contributed by atoms with Crippen molar-refractivity contribution in [2.24, 2.45) is 0 Å². The van der Waals surface area contributed by atoms with Gasteiger partial charge in [0.15, 0.2) is 3.26 Å². The molecule has 1 aliphatic heterocycles. The molecule has 4 nitrogen and oxygen atoms in total. The summed E-state index contributed by atoms with van der Waals surface area (Å²) in [5, 5.41) is 11.8. The molecule has 3 rings (SSSR count). The van der Waals surface area contributed by atoms with Crippen molar-refractivity contribution < 1.29 is 13.5 Å². The van der Waals surface area contributed by atoms with Gasteiger partial charge in [0.25, 0.3) is 10.0 Å². The summed E-state index contributed by atoms with van der Waals surface area (Å²) in [6.45, 7) is 0. The predicted molar refractivity (Wildman–Crippen MR) is 96.0 cm³/mol. The first-order valence-corrected chi connectivity index (χ1v) is 9.62. The van der Waals surface area contributed by atoms with Gasteiger partial charge in [-0.15, -0.1) is 0 Å². The molecular formula is C15H13ClINO3S. The van der Waals surface area contributed by atoms with Gasteiger partial charge < -0.3 is 5.11 Å². The molecule has 2 aromatic rings. The maximum Gasteiger partial charge on any atom is 0.250 e. The Labute approximate surface area is 147 Å². The number of hydrogen-bond acceptors (Lipinski definition) is 3. The van der Waals surface area contributed by atoms with E-state index >= 15 is 0 Å². The van der Waals surface area contributed by atoms with Crippen LogP contribution in [0, 0.1) is 0 Å². The third-order valence-corrected chi connectivity index (χ3v) is 8.78. The maximum atomic E-state index is 12.7. The molecule has 0 aliphatic carbocycles. The van der Waals surface area contributed by atoms with Crippen molar-refractivity contribution in [3.8, 4) is 0 Å². The van der Waals surface area contributed by atoms with Crippen LogP contribution >= 0.6 is 34.2 Å². The van der Waals surface area contributed by atoms with Gasteiger partial charge in [0, 0.05) is 17.6 Å². The van der Waals surface area contributed by atoms with Crippen molar-refractivity contribution in [3.63, 3.8) is 0 Å². The summed E-state index contributed by atoms with van der Waals surface area (Å²) in [4.78, 5) is 0. The second-order valence-electron chi connectivity index (χ2n) is 5.12. The predicted octanol–water partition coefficient (Wildman–Crippen LogP) is 3.12. The number of nitrogens with zero attached hydrogens (tertiary/aromatic N) is 1. The van der Waals surface area contributed by atoms with Gasteiger partial charge in [-0.25, -0.2) is 8.42 Å². The van der Waals surface area contributed by atoms with Gasteiger partial charge in [-0.1, -0.05) is 64.5 Å². The summed E-state index contributed by atoms with van der Waals surface area (Å²) in [5.41, 5.74) is -0.214. The van der Waals surface area contributed by atoms with Crippen LogP contribution in [0.2, 0.25) is 5.02 Å². The number of fused-ring (bicyclic) bond motifs is 1. The molecule has 2 unspecified atom stereocenters. The normalized spacial score (nSPS) is 26.5. The van der Waals surface area contributed by atoms with Crippen LogP contribution in [0.25, 0.3) is 0 Å². The van der Waals surface area contributed by atoms with E-state index in [9.17, 15) is 13.5 Å². The molecule has 1 N–H and O–H groups in total. The zero-order valence-electron chi connectivity index (χ0n) is 11.6.